The van der Waals surface area contributed by atoms with Gasteiger partial charge >= 0.3 is 24.2 Å². The number of unbranched alkanes of at least 4 members (excludes halogenated alkanes) is 3. The van der Waals surface area contributed by atoms with Gasteiger partial charge in [-0.3, -0.25) is 19.3 Å². The Morgan fingerprint density at radius 3 is 2.29 bits per heavy atom. The van der Waals surface area contributed by atoms with Crippen LogP contribution in [0, 0.1) is 17.8 Å². The van der Waals surface area contributed by atoms with E-state index in [9.17, 15) is 33.9 Å². The number of aliphatic hydroxyl groups excluding tert-OH is 1. The minimum Gasteiger partial charge on any atom is -0.434 e. The molecular weight excluding hydrogens is 650 g/mol. The van der Waals surface area contributed by atoms with E-state index in [1.165, 1.54) is 40.3 Å². The SMILES string of the molecule is CCCCCCOC(=O)OC(C)OC(=O)C1=C(S[C@H]2C[C@@H](C(=O)N(C)C)N(C(=O)OCOC(=O)C(C)C)C2)[C@H](C)[C@@H]2[C@@H]([C@@H](C)O)C(=O)N12. The van der Waals surface area contributed by atoms with Crippen LogP contribution in [0.2, 0.25) is 0 Å². The molecule has 0 aromatic heterocycles. The number of β-lactam (4-membered cyclic amide) rings is 1. The van der Waals surface area contributed by atoms with Gasteiger partial charge in [0.15, 0.2) is 0 Å². The highest BCUT2D eigenvalue weighted by atomic mass is 32.2. The molecule has 3 aliphatic rings. The summed E-state index contributed by atoms with van der Waals surface area (Å²) in [6.45, 7) is 9.63. The number of fused-ring (bicyclic) bond motifs is 1. The zero-order valence-corrected chi connectivity index (χ0v) is 29.8. The van der Waals surface area contributed by atoms with E-state index >= 15 is 0 Å². The maximum atomic E-state index is 13.6. The zero-order valence-electron chi connectivity index (χ0n) is 29.0. The number of amides is 3. The van der Waals surface area contributed by atoms with Gasteiger partial charge in [-0.1, -0.05) is 47.0 Å². The largest absolute Gasteiger partial charge is 0.511 e. The number of hydrogen-bond acceptors (Lipinski definition) is 13. The molecule has 3 rings (SSSR count). The van der Waals surface area contributed by atoms with Crippen molar-refractivity contribution in [3.8, 4) is 0 Å². The number of esters is 2. The number of likely N-dealkylation sites (N-methyl/N-ethyl adjacent to an activating group) is 1. The fraction of sp³-hybridized carbons (Fsp3) is 0.750. The summed E-state index contributed by atoms with van der Waals surface area (Å²) >= 11 is 1.23. The number of carbonyl (C=O) groups excluding carboxylic acids is 6. The molecule has 0 radical (unpaired) electrons. The van der Waals surface area contributed by atoms with Crippen LogP contribution < -0.4 is 0 Å². The number of rotatable bonds is 15. The smallest absolute Gasteiger partial charge is 0.434 e. The molecule has 270 valence electrons. The summed E-state index contributed by atoms with van der Waals surface area (Å²) in [5.41, 5.74) is -0.0418. The molecule has 0 aromatic rings. The van der Waals surface area contributed by atoms with E-state index in [0.717, 1.165) is 19.3 Å². The zero-order chi connectivity index (χ0) is 35.9. The molecule has 0 aliphatic carbocycles. The van der Waals surface area contributed by atoms with Crippen LogP contribution in [0.4, 0.5) is 9.59 Å². The van der Waals surface area contributed by atoms with E-state index in [0.29, 0.717) is 11.3 Å². The summed E-state index contributed by atoms with van der Waals surface area (Å²) in [5, 5.41) is 9.94. The van der Waals surface area contributed by atoms with Crippen molar-refractivity contribution in [3.05, 3.63) is 10.6 Å². The second kappa shape index (κ2) is 17.2. The third kappa shape index (κ3) is 9.12. The van der Waals surface area contributed by atoms with Crippen molar-refractivity contribution >= 4 is 47.8 Å². The molecule has 15 nitrogen and oxygen atoms in total. The first-order chi connectivity index (χ1) is 22.6. The van der Waals surface area contributed by atoms with Crippen molar-refractivity contribution in [1.82, 2.24) is 14.7 Å². The van der Waals surface area contributed by atoms with Crippen molar-refractivity contribution in [3.63, 3.8) is 0 Å². The van der Waals surface area contributed by atoms with E-state index in [1.807, 2.05) is 6.92 Å². The lowest BCUT2D eigenvalue weighted by atomic mass is 9.79. The summed E-state index contributed by atoms with van der Waals surface area (Å²) in [7, 11) is 3.12. The number of aliphatic hydroxyl groups is 1. The summed E-state index contributed by atoms with van der Waals surface area (Å²) in [6, 6.07) is -1.42. The molecule has 2 fully saturated rings. The second-order valence-corrected chi connectivity index (χ2v) is 14.1. The summed E-state index contributed by atoms with van der Waals surface area (Å²) in [4.78, 5) is 81.3. The predicted octanol–water partition coefficient (Wildman–Crippen LogP) is 3.24. The van der Waals surface area contributed by atoms with Crippen molar-refractivity contribution in [2.45, 2.75) is 103 Å². The number of nitrogens with zero attached hydrogens (tertiary/aromatic N) is 3. The highest BCUT2D eigenvalue weighted by Crippen LogP contribution is 2.52. The predicted molar refractivity (Wildman–Crippen MR) is 172 cm³/mol. The Balaban J connectivity index is 1.78. The highest BCUT2D eigenvalue weighted by molar-refractivity contribution is 8.03. The molecule has 0 saturated carbocycles. The standard InChI is InChI=1S/C32H49N3O12S/c1-9-10-11-12-13-43-32(42)47-20(6)46-30(40)25-26(18(4)24-23(19(5)36)28(38)35(24)25)48-21-14-22(27(37)33(7)8)34(15-21)31(41)45-16-44-29(39)17(2)3/h17-24,36H,9-16H2,1-8H3/t18-,19-,20?,21+,22+,23-,24-/m1/s1. The Hall–Kier alpha value is -3.53. The third-order valence-corrected chi connectivity index (χ3v) is 9.92. The van der Waals surface area contributed by atoms with Gasteiger partial charge in [0.25, 0.3) is 0 Å². The third-order valence-electron chi connectivity index (χ3n) is 8.43. The Labute approximate surface area is 285 Å². The quantitative estimate of drug-likeness (QED) is 0.0867. The maximum absolute atomic E-state index is 13.6. The van der Waals surface area contributed by atoms with E-state index in [2.05, 4.69) is 6.92 Å². The molecule has 0 spiro atoms. The lowest BCUT2D eigenvalue weighted by Gasteiger charge is -2.46. The number of ether oxygens (including phenoxy) is 5. The van der Waals surface area contributed by atoms with Crippen molar-refractivity contribution in [1.29, 1.82) is 0 Å². The van der Waals surface area contributed by atoms with Crippen molar-refractivity contribution in [2.24, 2.45) is 17.8 Å². The van der Waals surface area contributed by atoms with Gasteiger partial charge in [-0.25, -0.2) is 14.4 Å². The molecule has 48 heavy (non-hydrogen) atoms. The lowest BCUT2D eigenvalue weighted by molar-refractivity contribution is -0.173. The van der Waals surface area contributed by atoms with Gasteiger partial charge in [-0.15, -0.1) is 11.8 Å². The van der Waals surface area contributed by atoms with Crippen LogP contribution in [0.5, 0.6) is 0 Å². The first-order valence-corrected chi connectivity index (χ1v) is 17.3. The van der Waals surface area contributed by atoms with Gasteiger partial charge in [0.2, 0.25) is 24.9 Å². The summed E-state index contributed by atoms with van der Waals surface area (Å²) in [5.74, 6) is -3.82. The molecule has 2 saturated heterocycles. The number of carbonyl (C=O) groups is 6. The van der Waals surface area contributed by atoms with E-state index < -0.39 is 84.4 Å². The molecule has 3 heterocycles. The van der Waals surface area contributed by atoms with Gasteiger partial charge in [0, 0.05) is 43.6 Å². The lowest BCUT2D eigenvalue weighted by Crippen LogP contribution is -2.63. The number of thioether (sulfide) groups is 1. The van der Waals surface area contributed by atoms with Crippen LogP contribution in [0.15, 0.2) is 10.6 Å². The summed E-state index contributed by atoms with van der Waals surface area (Å²) < 4.78 is 25.7. The topological polar surface area (TPSA) is 179 Å². The van der Waals surface area contributed by atoms with Crippen molar-refractivity contribution < 1.29 is 57.6 Å². The van der Waals surface area contributed by atoms with Gasteiger partial charge in [-0.2, -0.15) is 0 Å². The van der Waals surface area contributed by atoms with Crippen LogP contribution in [0.1, 0.15) is 73.6 Å². The Morgan fingerprint density at radius 2 is 1.69 bits per heavy atom. The Morgan fingerprint density at radius 1 is 1.00 bits per heavy atom. The second-order valence-electron chi connectivity index (χ2n) is 12.7. The van der Waals surface area contributed by atoms with E-state index in [1.54, 1.807) is 27.9 Å². The molecule has 7 atom stereocenters. The van der Waals surface area contributed by atoms with Gasteiger partial charge < -0.3 is 38.6 Å². The molecule has 3 amide bonds. The van der Waals surface area contributed by atoms with Crippen LogP contribution in [0.25, 0.3) is 0 Å². The molecule has 16 heteroatoms. The molecule has 0 bridgehead atoms. The number of hydrogen-bond donors (Lipinski definition) is 1. The van der Waals surface area contributed by atoms with Crippen LogP contribution >= 0.6 is 11.8 Å². The first-order valence-electron chi connectivity index (χ1n) is 16.4. The molecule has 1 N–H and O–H groups in total. The number of likely N-dealkylation sites (tertiary alicyclic amines) is 1. The fourth-order valence-electron chi connectivity index (χ4n) is 5.94. The maximum Gasteiger partial charge on any atom is 0.511 e. The van der Waals surface area contributed by atoms with Crippen molar-refractivity contribution in [2.75, 3.05) is 34.0 Å². The van der Waals surface area contributed by atoms with Crippen LogP contribution in [-0.4, -0.2) is 120 Å². The highest BCUT2D eigenvalue weighted by Gasteiger charge is 2.61. The van der Waals surface area contributed by atoms with Crippen LogP contribution in [0.3, 0.4) is 0 Å². The normalized spacial score (nSPS) is 24.5. The van der Waals surface area contributed by atoms with Gasteiger partial charge in [0.05, 0.1) is 30.6 Å². The molecule has 1 unspecified atom stereocenters. The Bertz CT molecular complexity index is 1250. The average Bonchev–Trinajstić information content (AvgIpc) is 3.53. The molecular formula is C32H49N3O12S. The first kappa shape index (κ1) is 38.9. The monoisotopic (exact) mass is 699 g/mol. The Kier molecular flexibility index (Phi) is 14.0. The van der Waals surface area contributed by atoms with Crippen LogP contribution in [-0.2, 0) is 42.9 Å². The molecule has 3 aliphatic heterocycles. The fourth-order valence-corrected chi connectivity index (χ4v) is 7.46. The molecule has 0 aromatic carbocycles. The van der Waals surface area contributed by atoms with Gasteiger partial charge in [0.1, 0.15) is 11.7 Å². The summed E-state index contributed by atoms with van der Waals surface area (Å²) in [6.07, 6.45) is -0.328. The minimum absolute atomic E-state index is 0.0418. The van der Waals surface area contributed by atoms with E-state index in [4.69, 9.17) is 23.7 Å². The van der Waals surface area contributed by atoms with E-state index in [-0.39, 0.29) is 31.2 Å². The minimum atomic E-state index is -1.33. The average molecular weight is 700 g/mol. The van der Waals surface area contributed by atoms with Gasteiger partial charge in [-0.05, 0) is 19.8 Å².